The van der Waals surface area contributed by atoms with E-state index in [-0.39, 0.29) is 17.8 Å². The summed E-state index contributed by atoms with van der Waals surface area (Å²) >= 11 is 3.50. The van der Waals surface area contributed by atoms with Gasteiger partial charge >= 0.3 is 0 Å². The van der Waals surface area contributed by atoms with Crippen LogP contribution in [0.25, 0.3) is 0 Å². The van der Waals surface area contributed by atoms with Crippen LogP contribution < -0.4 is 4.74 Å². The molecule has 3 nitrogen and oxygen atoms in total. The molecular weight excluding hydrogens is 320 g/mol. The summed E-state index contributed by atoms with van der Waals surface area (Å²) in [4.78, 5) is 12.5. The quantitative estimate of drug-likeness (QED) is 0.794. The summed E-state index contributed by atoms with van der Waals surface area (Å²) in [6.45, 7) is 7.20. The van der Waals surface area contributed by atoms with Gasteiger partial charge in [-0.2, -0.15) is 0 Å². The monoisotopic (exact) mass is 340 g/mol. The van der Waals surface area contributed by atoms with E-state index in [0.717, 1.165) is 22.2 Å². The third-order valence-electron chi connectivity index (χ3n) is 3.46. The third-order valence-corrected chi connectivity index (χ3v) is 3.92. The van der Waals surface area contributed by atoms with Gasteiger partial charge in [-0.15, -0.1) is 0 Å². The normalized spacial score (nSPS) is 15.1. The van der Waals surface area contributed by atoms with Crippen LogP contribution in [0.15, 0.2) is 16.6 Å². The highest BCUT2D eigenvalue weighted by Gasteiger charge is 2.25. The maximum Gasteiger partial charge on any atom is 0.166 e. The molecule has 0 fully saturated rings. The van der Waals surface area contributed by atoms with Gasteiger partial charge in [0.25, 0.3) is 0 Å². The summed E-state index contributed by atoms with van der Waals surface area (Å²) in [7, 11) is 0. The first-order valence-corrected chi connectivity index (χ1v) is 7.90. The van der Waals surface area contributed by atoms with E-state index in [1.807, 2.05) is 26.8 Å². The second-order valence-corrected chi connectivity index (χ2v) is 6.33. The summed E-state index contributed by atoms with van der Waals surface area (Å²) in [6.07, 6.45) is 0.940. The Morgan fingerprint density at radius 3 is 2.85 bits per heavy atom. The Morgan fingerprint density at radius 1 is 1.45 bits per heavy atom. The SMILES string of the molecule is CCOC(C(=O)Cc1cc(Br)cc2c1OCC2)C(C)C. The minimum Gasteiger partial charge on any atom is -0.493 e. The van der Waals surface area contributed by atoms with E-state index in [2.05, 4.69) is 22.0 Å². The molecule has 0 aliphatic carbocycles. The van der Waals surface area contributed by atoms with Crippen LogP contribution in [-0.2, 0) is 22.4 Å². The second-order valence-electron chi connectivity index (χ2n) is 5.41. The van der Waals surface area contributed by atoms with Crippen molar-refractivity contribution in [2.45, 2.75) is 39.7 Å². The first-order valence-electron chi connectivity index (χ1n) is 7.11. The number of hydrogen-bond acceptors (Lipinski definition) is 3. The summed E-state index contributed by atoms with van der Waals surface area (Å²) in [5.74, 6) is 1.20. The van der Waals surface area contributed by atoms with Gasteiger partial charge in [0.2, 0.25) is 0 Å². The number of ketones is 1. The highest BCUT2D eigenvalue weighted by molar-refractivity contribution is 9.10. The Labute approximate surface area is 128 Å². The van der Waals surface area contributed by atoms with Crippen molar-refractivity contribution in [2.75, 3.05) is 13.2 Å². The summed E-state index contributed by atoms with van der Waals surface area (Å²) in [5.41, 5.74) is 2.14. The average molecular weight is 341 g/mol. The summed E-state index contributed by atoms with van der Waals surface area (Å²) in [6, 6.07) is 4.05. The van der Waals surface area contributed by atoms with Gasteiger partial charge in [-0.3, -0.25) is 4.79 Å². The molecule has 1 aromatic carbocycles. The van der Waals surface area contributed by atoms with E-state index in [1.54, 1.807) is 0 Å². The Kier molecular flexibility index (Phi) is 5.22. The molecule has 0 spiro atoms. The number of halogens is 1. The van der Waals surface area contributed by atoms with Crippen molar-refractivity contribution < 1.29 is 14.3 Å². The molecule has 0 bridgehead atoms. The van der Waals surface area contributed by atoms with Gasteiger partial charge in [-0.1, -0.05) is 29.8 Å². The molecule has 0 saturated heterocycles. The molecule has 0 amide bonds. The van der Waals surface area contributed by atoms with Crippen molar-refractivity contribution in [3.05, 3.63) is 27.7 Å². The van der Waals surface area contributed by atoms with E-state index in [0.29, 0.717) is 19.6 Å². The summed E-state index contributed by atoms with van der Waals surface area (Å²) < 4.78 is 12.3. The van der Waals surface area contributed by atoms with Crippen LogP contribution in [0.5, 0.6) is 5.75 Å². The zero-order chi connectivity index (χ0) is 14.7. The predicted octanol–water partition coefficient (Wildman–Crippen LogP) is 3.56. The molecule has 1 aliphatic rings. The Balaban J connectivity index is 2.19. The van der Waals surface area contributed by atoms with Gasteiger partial charge in [0.1, 0.15) is 11.9 Å². The van der Waals surface area contributed by atoms with Crippen LogP contribution in [0, 0.1) is 5.92 Å². The summed E-state index contributed by atoms with van der Waals surface area (Å²) in [5, 5.41) is 0. The van der Waals surface area contributed by atoms with Crippen LogP contribution in [0.3, 0.4) is 0 Å². The second kappa shape index (κ2) is 6.72. The minimum absolute atomic E-state index is 0.123. The Bertz CT molecular complexity index is 497. The van der Waals surface area contributed by atoms with Gasteiger partial charge in [0.05, 0.1) is 6.61 Å². The molecule has 1 aromatic rings. The molecule has 0 radical (unpaired) electrons. The zero-order valence-corrected chi connectivity index (χ0v) is 13.8. The molecule has 1 unspecified atom stereocenters. The number of carbonyl (C=O) groups excluding carboxylic acids is 1. The van der Waals surface area contributed by atoms with E-state index in [1.165, 1.54) is 5.56 Å². The predicted molar refractivity (Wildman–Crippen MR) is 82.3 cm³/mol. The Hall–Kier alpha value is -0.870. The molecule has 1 atom stereocenters. The lowest BCUT2D eigenvalue weighted by Gasteiger charge is -2.20. The maximum absolute atomic E-state index is 12.5. The molecule has 110 valence electrons. The van der Waals surface area contributed by atoms with E-state index < -0.39 is 0 Å². The number of ether oxygens (including phenoxy) is 2. The van der Waals surface area contributed by atoms with Gasteiger partial charge in [0, 0.05) is 29.5 Å². The molecular formula is C16H21BrO3. The average Bonchev–Trinajstić information content (AvgIpc) is 2.83. The number of benzene rings is 1. The molecule has 2 rings (SSSR count). The first kappa shape index (κ1) is 15.5. The van der Waals surface area contributed by atoms with Crippen LogP contribution in [0.2, 0.25) is 0 Å². The lowest BCUT2D eigenvalue weighted by atomic mass is 9.96. The van der Waals surface area contributed by atoms with Gasteiger partial charge in [-0.05, 0) is 30.5 Å². The van der Waals surface area contributed by atoms with E-state index >= 15 is 0 Å². The molecule has 4 heteroatoms. The Morgan fingerprint density at radius 2 is 2.20 bits per heavy atom. The number of rotatable bonds is 6. The maximum atomic E-state index is 12.5. The fourth-order valence-corrected chi connectivity index (χ4v) is 3.16. The third kappa shape index (κ3) is 3.41. The van der Waals surface area contributed by atoms with Crippen molar-refractivity contribution in [1.82, 2.24) is 0 Å². The zero-order valence-electron chi connectivity index (χ0n) is 12.2. The highest BCUT2D eigenvalue weighted by atomic mass is 79.9. The largest absolute Gasteiger partial charge is 0.493 e. The molecule has 1 heterocycles. The van der Waals surface area contributed by atoms with Gasteiger partial charge in [0.15, 0.2) is 5.78 Å². The van der Waals surface area contributed by atoms with Crippen molar-refractivity contribution >= 4 is 21.7 Å². The smallest absolute Gasteiger partial charge is 0.166 e. The van der Waals surface area contributed by atoms with Crippen molar-refractivity contribution in [3.63, 3.8) is 0 Å². The standard InChI is InChI=1S/C16H21BrO3/c1-4-19-15(10(2)3)14(18)9-12-8-13(17)7-11-5-6-20-16(11)12/h7-8,10,15H,4-6,9H2,1-3H3. The van der Waals surface area contributed by atoms with Crippen molar-refractivity contribution in [3.8, 4) is 5.75 Å². The lowest BCUT2D eigenvalue weighted by molar-refractivity contribution is -0.132. The van der Waals surface area contributed by atoms with Crippen molar-refractivity contribution in [1.29, 1.82) is 0 Å². The van der Waals surface area contributed by atoms with Crippen LogP contribution in [-0.4, -0.2) is 25.1 Å². The van der Waals surface area contributed by atoms with Gasteiger partial charge in [-0.25, -0.2) is 0 Å². The highest BCUT2D eigenvalue weighted by Crippen LogP contribution is 2.33. The number of hydrogen-bond donors (Lipinski definition) is 0. The van der Waals surface area contributed by atoms with Gasteiger partial charge < -0.3 is 9.47 Å². The lowest BCUT2D eigenvalue weighted by Crippen LogP contribution is -2.31. The fraction of sp³-hybridized carbons (Fsp3) is 0.562. The number of fused-ring (bicyclic) bond motifs is 1. The van der Waals surface area contributed by atoms with Crippen LogP contribution in [0.4, 0.5) is 0 Å². The first-order chi connectivity index (χ1) is 9.52. The molecule has 1 aliphatic heterocycles. The van der Waals surface area contributed by atoms with E-state index in [9.17, 15) is 4.79 Å². The molecule has 0 saturated carbocycles. The fourth-order valence-electron chi connectivity index (χ4n) is 2.60. The molecule has 0 N–H and O–H groups in total. The van der Waals surface area contributed by atoms with Crippen LogP contribution >= 0.6 is 15.9 Å². The topological polar surface area (TPSA) is 35.5 Å². The number of Topliss-reactive ketones (excluding diaryl/α,β-unsaturated/α-hetero) is 1. The molecule has 20 heavy (non-hydrogen) atoms. The van der Waals surface area contributed by atoms with E-state index in [4.69, 9.17) is 9.47 Å². The molecule has 0 aromatic heterocycles. The minimum atomic E-state index is -0.337. The number of carbonyl (C=O) groups is 1. The van der Waals surface area contributed by atoms with Crippen molar-refractivity contribution in [2.24, 2.45) is 5.92 Å². The van der Waals surface area contributed by atoms with Crippen LogP contribution in [0.1, 0.15) is 31.9 Å².